The molecule has 3 atom stereocenters. The minimum Gasteiger partial charge on any atom is -0.504 e. The molecule has 0 radical (unpaired) electrons. The van der Waals surface area contributed by atoms with Gasteiger partial charge in [0.15, 0.2) is 29.2 Å². The summed E-state index contributed by atoms with van der Waals surface area (Å²) < 4.78 is 48.3. The Morgan fingerprint density at radius 1 is 1.00 bits per heavy atom. The quantitative estimate of drug-likeness (QED) is 0.443. The Kier molecular flexibility index (Phi) is 5.96. The van der Waals surface area contributed by atoms with E-state index in [1.165, 1.54) is 19.2 Å². The standard InChI is InChI=1S/C25H26N2O7S/c1-14-7-9-16(10-8-14)35(29,30)27-26-25-15(2)23(17-5-4-6-19(31-3)24(17)28)18-11-21-22(33-13-32-21)12-20(18)34-25/h4-12,15,23,25-28H,13H2,1-3H3. The van der Waals surface area contributed by atoms with Gasteiger partial charge in [-0.3, -0.25) is 0 Å². The predicted molar refractivity (Wildman–Crippen MR) is 127 cm³/mol. The fourth-order valence-electron chi connectivity index (χ4n) is 4.46. The Labute approximate surface area is 203 Å². The minimum atomic E-state index is -3.84. The number of ether oxygens (including phenoxy) is 4. The number of phenols is 1. The van der Waals surface area contributed by atoms with Crippen LogP contribution in [-0.2, 0) is 10.0 Å². The molecule has 5 rings (SSSR count). The van der Waals surface area contributed by atoms with Crippen LogP contribution in [0.25, 0.3) is 0 Å². The zero-order valence-electron chi connectivity index (χ0n) is 19.4. The van der Waals surface area contributed by atoms with Gasteiger partial charge in [0.2, 0.25) is 6.79 Å². The molecule has 0 aromatic heterocycles. The van der Waals surface area contributed by atoms with Crippen LogP contribution in [0.3, 0.4) is 0 Å². The van der Waals surface area contributed by atoms with Crippen LogP contribution in [0.4, 0.5) is 0 Å². The van der Waals surface area contributed by atoms with E-state index in [0.717, 1.165) is 11.1 Å². The van der Waals surface area contributed by atoms with Gasteiger partial charge >= 0.3 is 0 Å². The number of hydrogen-bond acceptors (Lipinski definition) is 8. The summed E-state index contributed by atoms with van der Waals surface area (Å²) in [5, 5.41) is 10.9. The van der Waals surface area contributed by atoms with Gasteiger partial charge in [0.05, 0.1) is 12.0 Å². The second-order valence-electron chi connectivity index (χ2n) is 8.58. The summed E-state index contributed by atoms with van der Waals surface area (Å²) in [6, 6.07) is 15.4. The molecule has 3 aromatic rings. The number of fused-ring (bicyclic) bond motifs is 2. The Hall–Kier alpha value is -3.47. The first-order valence-electron chi connectivity index (χ1n) is 11.1. The molecule has 2 heterocycles. The summed E-state index contributed by atoms with van der Waals surface area (Å²) in [4.78, 5) is 2.57. The molecule has 2 aliphatic rings. The van der Waals surface area contributed by atoms with Crippen LogP contribution in [0.15, 0.2) is 59.5 Å². The summed E-state index contributed by atoms with van der Waals surface area (Å²) in [5.41, 5.74) is 5.19. The van der Waals surface area contributed by atoms with E-state index in [0.29, 0.717) is 28.6 Å². The van der Waals surface area contributed by atoms with E-state index in [9.17, 15) is 13.5 Å². The molecule has 35 heavy (non-hydrogen) atoms. The van der Waals surface area contributed by atoms with Gasteiger partial charge in [-0.25, -0.2) is 13.8 Å². The van der Waals surface area contributed by atoms with Crippen LogP contribution in [0.2, 0.25) is 0 Å². The van der Waals surface area contributed by atoms with Crippen molar-refractivity contribution >= 4 is 10.0 Å². The largest absolute Gasteiger partial charge is 0.504 e. The average Bonchev–Trinajstić information content (AvgIpc) is 3.30. The van der Waals surface area contributed by atoms with Crippen LogP contribution in [0.5, 0.6) is 28.7 Å². The number of rotatable bonds is 6. The Bertz CT molecular complexity index is 1360. The first-order chi connectivity index (χ1) is 16.8. The van der Waals surface area contributed by atoms with E-state index >= 15 is 0 Å². The van der Waals surface area contributed by atoms with Crippen LogP contribution in [0.1, 0.15) is 29.5 Å². The van der Waals surface area contributed by atoms with E-state index in [4.69, 9.17) is 18.9 Å². The summed E-state index contributed by atoms with van der Waals surface area (Å²) in [6.45, 7) is 3.90. The van der Waals surface area contributed by atoms with Crippen molar-refractivity contribution in [1.29, 1.82) is 0 Å². The second kappa shape index (κ2) is 8.95. The molecule has 0 bridgehead atoms. The minimum absolute atomic E-state index is 0.0105. The molecule has 0 fully saturated rings. The van der Waals surface area contributed by atoms with Gasteiger partial charge < -0.3 is 24.1 Å². The molecule has 184 valence electrons. The number of phenolic OH excluding ortho intramolecular Hbond substituents is 1. The highest BCUT2D eigenvalue weighted by atomic mass is 32.2. The maximum Gasteiger partial charge on any atom is 0.253 e. The highest BCUT2D eigenvalue weighted by molar-refractivity contribution is 7.89. The molecule has 3 unspecified atom stereocenters. The van der Waals surface area contributed by atoms with Gasteiger partial charge in [-0.05, 0) is 31.2 Å². The normalized spacial score (nSPS) is 20.7. The Balaban J connectivity index is 1.51. The summed E-state index contributed by atoms with van der Waals surface area (Å²) in [6.07, 6.45) is -0.765. The lowest BCUT2D eigenvalue weighted by atomic mass is 9.78. The molecule has 9 nitrogen and oxygen atoms in total. The van der Waals surface area contributed by atoms with Gasteiger partial charge in [-0.2, -0.15) is 0 Å². The SMILES string of the molecule is COc1cccc(C2c3cc4c(cc3OC(NNS(=O)(=O)c3ccc(C)cc3)C2C)OCO4)c1O. The number of sulfonamides is 1. The summed E-state index contributed by atoms with van der Waals surface area (Å²) >= 11 is 0. The first kappa shape index (κ1) is 23.3. The van der Waals surface area contributed by atoms with Crippen LogP contribution >= 0.6 is 0 Å². The number of para-hydroxylation sites is 1. The molecule has 0 saturated heterocycles. The van der Waals surface area contributed by atoms with Crippen molar-refractivity contribution in [3.05, 3.63) is 71.3 Å². The number of benzene rings is 3. The fraction of sp³-hybridized carbons (Fsp3) is 0.280. The van der Waals surface area contributed by atoms with Crippen LogP contribution in [0, 0.1) is 12.8 Å². The Morgan fingerprint density at radius 3 is 2.43 bits per heavy atom. The van der Waals surface area contributed by atoms with Gasteiger partial charge in [-0.1, -0.05) is 36.8 Å². The number of nitrogens with one attached hydrogen (secondary N) is 2. The number of aryl methyl sites for hydroxylation is 1. The van der Waals surface area contributed by atoms with Crippen molar-refractivity contribution in [3.8, 4) is 28.7 Å². The van der Waals surface area contributed by atoms with Crippen LogP contribution < -0.4 is 29.2 Å². The smallest absolute Gasteiger partial charge is 0.253 e. The van der Waals surface area contributed by atoms with E-state index in [1.54, 1.807) is 30.3 Å². The molecule has 0 saturated carbocycles. The molecule has 0 amide bonds. The van der Waals surface area contributed by atoms with Gasteiger partial charge in [0.25, 0.3) is 10.0 Å². The lowest BCUT2D eigenvalue weighted by Gasteiger charge is -2.38. The highest BCUT2D eigenvalue weighted by Crippen LogP contribution is 2.51. The third-order valence-electron chi connectivity index (χ3n) is 6.35. The van der Waals surface area contributed by atoms with Crippen molar-refractivity contribution in [1.82, 2.24) is 10.3 Å². The van der Waals surface area contributed by atoms with Crippen molar-refractivity contribution in [2.45, 2.75) is 30.9 Å². The third kappa shape index (κ3) is 4.24. The number of hydrazine groups is 1. The highest BCUT2D eigenvalue weighted by Gasteiger charge is 2.40. The number of methoxy groups -OCH3 is 1. The topological polar surface area (TPSA) is 115 Å². The Morgan fingerprint density at radius 2 is 1.71 bits per heavy atom. The summed E-state index contributed by atoms with van der Waals surface area (Å²) in [5.74, 6) is 1.27. The molecular weight excluding hydrogens is 472 g/mol. The molecule has 3 N–H and O–H groups in total. The van der Waals surface area contributed by atoms with E-state index < -0.39 is 16.3 Å². The third-order valence-corrected chi connectivity index (χ3v) is 7.63. The molecule has 0 spiro atoms. The van der Waals surface area contributed by atoms with Gasteiger partial charge in [0, 0.05) is 29.0 Å². The van der Waals surface area contributed by atoms with E-state index in [1.807, 2.05) is 26.0 Å². The lowest BCUT2D eigenvalue weighted by Crippen LogP contribution is -2.52. The average molecular weight is 499 g/mol. The lowest BCUT2D eigenvalue weighted by molar-refractivity contribution is 0.0732. The number of hydrogen-bond donors (Lipinski definition) is 3. The van der Waals surface area contributed by atoms with Crippen LogP contribution in [-0.4, -0.2) is 33.7 Å². The molecule has 2 aliphatic heterocycles. The molecule has 10 heteroatoms. The van der Waals surface area contributed by atoms with E-state index in [-0.39, 0.29) is 29.3 Å². The van der Waals surface area contributed by atoms with Crippen molar-refractivity contribution in [3.63, 3.8) is 0 Å². The van der Waals surface area contributed by atoms with Crippen molar-refractivity contribution < 1.29 is 32.5 Å². The van der Waals surface area contributed by atoms with Gasteiger partial charge in [0.1, 0.15) is 5.75 Å². The maximum atomic E-state index is 12.9. The zero-order chi connectivity index (χ0) is 24.7. The maximum absolute atomic E-state index is 12.9. The molecule has 0 aliphatic carbocycles. The molecule has 3 aromatic carbocycles. The summed E-state index contributed by atoms with van der Waals surface area (Å²) in [7, 11) is -2.35. The van der Waals surface area contributed by atoms with E-state index in [2.05, 4.69) is 10.3 Å². The van der Waals surface area contributed by atoms with Crippen molar-refractivity contribution in [2.24, 2.45) is 5.92 Å². The predicted octanol–water partition coefficient (Wildman–Crippen LogP) is 3.41. The molecular formula is C25H26N2O7S. The zero-order valence-corrected chi connectivity index (χ0v) is 20.3. The number of aromatic hydroxyl groups is 1. The monoisotopic (exact) mass is 498 g/mol. The fourth-order valence-corrected chi connectivity index (χ4v) is 5.35. The van der Waals surface area contributed by atoms with Gasteiger partial charge in [-0.15, -0.1) is 4.83 Å². The van der Waals surface area contributed by atoms with Crippen molar-refractivity contribution in [2.75, 3.05) is 13.9 Å². The second-order valence-corrected chi connectivity index (χ2v) is 10.3. The first-order valence-corrected chi connectivity index (χ1v) is 12.6.